The quantitative estimate of drug-likeness (QED) is 0.813. The molecule has 1 aromatic heterocycles. The number of hydrogen-bond donors (Lipinski definition) is 2. The summed E-state index contributed by atoms with van der Waals surface area (Å²) in [5.41, 5.74) is 6.24. The predicted octanol–water partition coefficient (Wildman–Crippen LogP) is 1.01. The SMILES string of the molecule is CC(=O)CC(C)(C)N1CNc2c(N)ncnc21. The number of fused-ring (bicyclic) bond motifs is 1. The zero-order chi connectivity index (χ0) is 12.6. The van der Waals surface area contributed by atoms with E-state index in [4.69, 9.17) is 5.73 Å². The molecule has 1 aromatic rings. The second-order valence-corrected chi connectivity index (χ2v) is 4.91. The van der Waals surface area contributed by atoms with Gasteiger partial charge >= 0.3 is 0 Å². The molecule has 0 unspecified atom stereocenters. The van der Waals surface area contributed by atoms with Gasteiger partial charge in [0.15, 0.2) is 11.6 Å². The molecular formula is C11H17N5O. The van der Waals surface area contributed by atoms with E-state index in [9.17, 15) is 4.79 Å². The molecule has 6 nitrogen and oxygen atoms in total. The van der Waals surface area contributed by atoms with Crippen molar-refractivity contribution in [3.05, 3.63) is 6.33 Å². The highest BCUT2D eigenvalue weighted by Gasteiger charge is 2.35. The van der Waals surface area contributed by atoms with Gasteiger partial charge in [-0.15, -0.1) is 0 Å². The molecule has 0 saturated heterocycles. The van der Waals surface area contributed by atoms with E-state index in [1.54, 1.807) is 6.92 Å². The molecule has 0 atom stereocenters. The number of nitrogens with two attached hydrogens (primary N) is 1. The summed E-state index contributed by atoms with van der Waals surface area (Å²) in [4.78, 5) is 21.5. The van der Waals surface area contributed by atoms with Gasteiger partial charge in [0.1, 0.15) is 17.8 Å². The Morgan fingerprint density at radius 1 is 1.59 bits per heavy atom. The second kappa shape index (κ2) is 3.87. The smallest absolute Gasteiger partial charge is 0.159 e. The zero-order valence-corrected chi connectivity index (χ0v) is 10.3. The van der Waals surface area contributed by atoms with Crippen molar-refractivity contribution in [1.82, 2.24) is 9.97 Å². The lowest BCUT2D eigenvalue weighted by Gasteiger charge is -2.35. The molecule has 0 amide bonds. The number of carbonyl (C=O) groups excluding carboxylic acids is 1. The number of nitrogens with zero attached hydrogens (tertiary/aromatic N) is 3. The van der Waals surface area contributed by atoms with Gasteiger partial charge in [-0.1, -0.05) is 0 Å². The Morgan fingerprint density at radius 2 is 2.29 bits per heavy atom. The molecule has 0 spiro atoms. The summed E-state index contributed by atoms with van der Waals surface area (Å²) in [5.74, 6) is 1.37. The van der Waals surface area contributed by atoms with Crippen LogP contribution in [-0.2, 0) is 4.79 Å². The van der Waals surface area contributed by atoms with Crippen LogP contribution < -0.4 is 16.0 Å². The van der Waals surface area contributed by atoms with Crippen LogP contribution in [-0.4, -0.2) is 28.0 Å². The first-order valence-electron chi connectivity index (χ1n) is 5.53. The second-order valence-electron chi connectivity index (χ2n) is 4.91. The largest absolute Gasteiger partial charge is 0.382 e. The van der Waals surface area contributed by atoms with Gasteiger partial charge in [0, 0.05) is 12.0 Å². The highest BCUT2D eigenvalue weighted by molar-refractivity contribution is 5.82. The van der Waals surface area contributed by atoms with Crippen LogP contribution in [0.3, 0.4) is 0 Å². The van der Waals surface area contributed by atoms with Gasteiger partial charge in [-0.3, -0.25) is 4.79 Å². The van der Waals surface area contributed by atoms with E-state index < -0.39 is 0 Å². The van der Waals surface area contributed by atoms with Crippen LogP contribution in [0.2, 0.25) is 0 Å². The fourth-order valence-electron chi connectivity index (χ4n) is 2.20. The number of anilines is 3. The molecule has 0 bridgehead atoms. The fraction of sp³-hybridized carbons (Fsp3) is 0.545. The van der Waals surface area contributed by atoms with E-state index in [0.29, 0.717) is 18.9 Å². The molecule has 17 heavy (non-hydrogen) atoms. The first kappa shape index (κ1) is 11.6. The molecule has 2 heterocycles. The first-order valence-corrected chi connectivity index (χ1v) is 5.53. The Kier molecular flexibility index (Phi) is 2.65. The Morgan fingerprint density at radius 3 is 2.94 bits per heavy atom. The summed E-state index contributed by atoms with van der Waals surface area (Å²) < 4.78 is 0. The molecule has 6 heteroatoms. The van der Waals surface area contributed by atoms with Crippen molar-refractivity contribution < 1.29 is 4.79 Å². The molecule has 0 fully saturated rings. The van der Waals surface area contributed by atoms with Gasteiger partial charge in [-0.25, -0.2) is 9.97 Å². The predicted molar refractivity (Wildman–Crippen MR) is 66.8 cm³/mol. The molecule has 0 radical (unpaired) electrons. The van der Waals surface area contributed by atoms with E-state index in [2.05, 4.69) is 15.3 Å². The maximum atomic E-state index is 11.3. The molecule has 2 rings (SSSR count). The number of carbonyl (C=O) groups is 1. The third-order valence-corrected chi connectivity index (χ3v) is 2.94. The van der Waals surface area contributed by atoms with Gasteiger partial charge < -0.3 is 16.0 Å². The molecule has 0 aliphatic carbocycles. The van der Waals surface area contributed by atoms with Gasteiger partial charge in [0.05, 0.1) is 6.67 Å². The summed E-state index contributed by atoms with van der Waals surface area (Å²) in [6, 6.07) is 0. The summed E-state index contributed by atoms with van der Waals surface area (Å²) in [7, 11) is 0. The van der Waals surface area contributed by atoms with E-state index >= 15 is 0 Å². The van der Waals surface area contributed by atoms with Gasteiger partial charge in [0.2, 0.25) is 0 Å². The summed E-state index contributed by atoms with van der Waals surface area (Å²) >= 11 is 0. The van der Waals surface area contributed by atoms with E-state index in [1.807, 2.05) is 18.7 Å². The van der Waals surface area contributed by atoms with Crippen LogP contribution >= 0.6 is 0 Å². The van der Waals surface area contributed by atoms with Crippen LogP contribution in [0.25, 0.3) is 0 Å². The highest BCUT2D eigenvalue weighted by Crippen LogP contribution is 2.37. The van der Waals surface area contributed by atoms with Crippen molar-refractivity contribution >= 4 is 23.1 Å². The average molecular weight is 235 g/mol. The maximum Gasteiger partial charge on any atom is 0.159 e. The number of aromatic nitrogens is 2. The normalized spacial score (nSPS) is 14.4. The third kappa shape index (κ3) is 2.02. The fourth-order valence-corrected chi connectivity index (χ4v) is 2.20. The van der Waals surface area contributed by atoms with Crippen LogP contribution in [0.1, 0.15) is 27.2 Å². The maximum absolute atomic E-state index is 11.3. The van der Waals surface area contributed by atoms with Crippen LogP contribution in [0, 0.1) is 0 Å². The van der Waals surface area contributed by atoms with Crippen LogP contribution in [0.4, 0.5) is 17.3 Å². The first-order chi connectivity index (χ1) is 7.92. The monoisotopic (exact) mass is 235 g/mol. The molecular weight excluding hydrogens is 218 g/mol. The Bertz CT molecular complexity index is 457. The van der Waals surface area contributed by atoms with E-state index in [1.165, 1.54) is 6.33 Å². The molecule has 92 valence electrons. The topological polar surface area (TPSA) is 84.1 Å². The minimum Gasteiger partial charge on any atom is -0.382 e. The Labute approximate surface area is 100 Å². The molecule has 3 N–H and O–H groups in total. The van der Waals surface area contributed by atoms with E-state index in [-0.39, 0.29) is 11.3 Å². The minimum atomic E-state index is -0.287. The molecule has 0 saturated carbocycles. The van der Waals surface area contributed by atoms with Crippen molar-refractivity contribution in [3.8, 4) is 0 Å². The molecule has 0 aromatic carbocycles. The van der Waals surface area contributed by atoms with Crippen LogP contribution in [0.15, 0.2) is 6.33 Å². The number of nitrogens with one attached hydrogen (secondary N) is 1. The lowest BCUT2D eigenvalue weighted by atomic mass is 9.96. The van der Waals surface area contributed by atoms with Crippen molar-refractivity contribution in [2.75, 3.05) is 22.6 Å². The Balaban J connectivity index is 2.33. The highest BCUT2D eigenvalue weighted by atomic mass is 16.1. The summed E-state index contributed by atoms with van der Waals surface area (Å²) in [5, 5.41) is 3.16. The molecule has 1 aliphatic rings. The Hall–Kier alpha value is -1.85. The minimum absolute atomic E-state index is 0.158. The van der Waals surface area contributed by atoms with Crippen molar-refractivity contribution in [1.29, 1.82) is 0 Å². The van der Waals surface area contributed by atoms with E-state index in [0.717, 1.165) is 11.5 Å². The number of ketones is 1. The van der Waals surface area contributed by atoms with Gasteiger partial charge in [0.25, 0.3) is 0 Å². The molecule has 1 aliphatic heterocycles. The summed E-state index contributed by atoms with van der Waals surface area (Å²) in [6.45, 7) is 6.23. The van der Waals surface area contributed by atoms with Crippen molar-refractivity contribution in [2.24, 2.45) is 0 Å². The summed E-state index contributed by atoms with van der Waals surface area (Å²) in [6.07, 6.45) is 1.91. The average Bonchev–Trinajstić information content (AvgIpc) is 2.61. The van der Waals surface area contributed by atoms with Crippen molar-refractivity contribution in [2.45, 2.75) is 32.7 Å². The zero-order valence-electron chi connectivity index (χ0n) is 10.3. The van der Waals surface area contributed by atoms with Gasteiger partial charge in [-0.05, 0) is 20.8 Å². The number of nitrogen functional groups attached to an aromatic ring is 1. The number of hydrogen-bond acceptors (Lipinski definition) is 6. The van der Waals surface area contributed by atoms with Crippen molar-refractivity contribution in [3.63, 3.8) is 0 Å². The number of Topliss-reactive ketones (excluding diaryl/α,β-unsaturated/α-hetero) is 1. The lowest BCUT2D eigenvalue weighted by molar-refractivity contribution is -0.117. The standard InChI is InChI=1S/C11H17N5O/c1-7(17)4-11(2,3)16-6-15-8-9(12)13-5-14-10(8)16/h5,15H,4,6H2,1-3H3,(H2,12,13,14). The third-order valence-electron chi connectivity index (χ3n) is 2.94. The number of rotatable bonds is 3. The van der Waals surface area contributed by atoms with Gasteiger partial charge in [-0.2, -0.15) is 0 Å². The lowest BCUT2D eigenvalue weighted by Crippen LogP contribution is -2.45. The van der Waals surface area contributed by atoms with Crippen LogP contribution in [0.5, 0.6) is 0 Å².